The van der Waals surface area contributed by atoms with E-state index in [4.69, 9.17) is 5.11 Å². The highest BCUT2D eigenvalue weighted by Gasteiger charge is 2.11. The molecule has 3 aromatic rings. The zero-order valence-electron chi connectivity index (χ0n) is 10.2. The van der Waals surface area contributed by atoms with Crippen molar-refractivity contribution in [3.05, 3.63) is 53.6 Å². The van der Waals surface area contributed by atoms with Crippen LogP contribution >= 0.6 is 0 Å². The van der Waals surface area contributed by atoms with Gasteiger partial charge < -0.3 is 5.11 Å². The molecule has 19 heavy (non-hydrogen) atoms. The molecule has 0 bridgehead atoms. The molecule has 2 aromatic carbocycles. The Morgan fingerprint density at radius 2 is 2.00 bits per heavy atom. The van der Waals surface area contributed by atoms with E-state index >= 15 is 0 Å². The second-order valence-electron chi connectivity index (χ2n) is 4.30. The Balaban J connectivity index is 2.22. The SMILES string of the molecule is Cc1ccccc1-n1nnc2cc(C(=O)O)ccc21. The van der Waals surface area contributed by atoms with Crippen molar-refractivity contribution in [1.82, 2.24) is 15.0 Å². The second kappa shape index (κ2) is 4.20. The Bertz CT molecular complexity index is 777. The van der Waals surface area contributed by atoms with Crippen LogP contribution in [0.5, 0.6) is 0 Å². The summed E-state index contributed by atoms with van der Waals surface area (Å²) < 4.78 is 1.72. The van der Waals surface area contributed by atoms with Crippen LogP contribution < -0.4 is 0 Å². The van der Waals surface area contributed by atoms with Gasteiger partial charge in [0.05, 0.1) is 16.8 Å². The third kappa shape index (κ3) is 1.85. The first kappa shape index (κ1) is 11.4. The summed E-state index contributed by atoms with van der Waals surface area (Å²) >= 11 is 0. The van der Waals surface area contributed by atoms with Gasteiger partial charge in [0, 0.05) is 0 Å². The molecule has 0 fully saturated rings. The number of nitrogens with zero attached hydrogens (tertiary/aromatic N) is 3. The minimum Gasteiger partial charge on any atom is -0.478 e. The zero-order valence-corrected chi connectivity index (χ0v) is 10.2. The molecule has 0 unspecified atom stereocenters. The lowest BCUT2D eigenvalue weighted by molar-refractivity contribution is 0.0697. The van der Waals surface area contributed by atoms with E-state index in [1.165, 1.54) is 6.07 Å². The molecule has 1 aromatic heterocycles. The molecule has 5 heteroatoms. The van der Waals surface area contributed by atoms with Gasteiger partial charge in [-0.1, -0.05) is 23.4 Å². The van der Waals surface area contributed by atoms with E-state index < -0.39 is 5.97 Å². The lowest BCUT2D eigenvalue weighted by Gasteiger charge is -2.05. The normalized spacial score (nSPS) is 10.8. The molecule has 0 amide bonds. The Morgan fingerprint density at radius 1 is 1.21 bits per heavy atom. The van der Waals surface area contributed by atoms with E-state index in [0.717, 1.165) is 16.8 Å². The van der Waals surface area contributed by atoms with Crippen molar-refractivity contribution < 1.29 is 9.90 Å². The van der Waals surface area contributed by atoms with E-state index in [2.05, 4.69) is 10.3 Å². The highest BCUT2D eigenvalue weighted by Crippen LogP contribution is 2.19. The van der Waals surface area contributed by atoms with Crippen LogP contribution in [-0.4, -0.2) is 26.1 Å². The molecular weight excluding hydrogens is 242 g/mol. The summed E-state index contributed by atoms with van der Waals surface area (Å²) in [6, 6.07) is 12.7. The second-order valence-corrected chi connectivity index (χ2v) is 4.30. The van der Waals surface area contributed by atoms with Crippen LogP contribution in [0.4, 0.5) is 0 Å². The van der Waals surface area contributed by atoms with Gasteiger partial charge in [-0.05, 0) is 36.8 Å². The van der Waals surface area contributed by atoms with Crippen molar-refractivity contribution in [2.75, 3.05) is 0 Å². The van der Waals surface area contributed by atoms with Crippen molar-refractivity contribution in [3.8, 4) is 5.69 Å². The first-order valence-corrected chi connectivity index (χ1v) is 5.81. The fraction of sp³-hybridized carbons (Fsp3) is 0.0714. The maximum atomic E-state index is 10.9. The third-order valence-electron chi connectivity index (χ3n) is 3.04. The largest absolute Gasteiger partial charge is 0.478 e. The van der Waals surface area contributed by atoms with Gasteiger partial charge in [0.2, 0.25) is 0 Å². The molecule has 0 atom stereocenters. The number of carboxylic acids is 1. The number of fused-ring (bicyclic) bond motifs is 1. The van der Waals surface area contributed by atoms with Crippen LogP contribution in [0.1, 0.15) is 15.9 Å². The number of hydrogen-bond donors (Lipinski definition) is 1. The summed E-state index contributed by atoms with van der Waals surface area (Å²) in [6.07, 6.45) is 0. The summed E-state index contributed by atoms with van der Waals surface area (Å²) in [5, 5.41) is 17.1. The molecule has 94 valence electrons. The van der Waals surface area contributed by atoms with Crippen LogP contribution in [0.2, 0.25) is 0 Å². The maximum Gasteiger partial charge on any atom is 0.335 e. The first-order valence-electron chi connectivity index (χ1n) is 5.81. The quantitative estimate of drug-likeness (QED) is 0.761. The molecule has 5 nitrogen and oxygen atoms in total. The number of hydrogen-bond acceptors (Lipinski definition) is 3. The molecule has 0 spiro atoms. The summed E-state index contributed by atoms with van der Waals surface area (Å²) in [7, 11) is 0. The number of aromatic nitrogens is 3. The van der Waals surface area contributed by atoms with Gasteiger partial charge in [0.1, 0.15) is 5.52 Å². The molecule has 0 aliphatic rings. The van der Waals surface area contributed by atoms with Gasteiger partial charge in [-0.25, -0.2) is 9.48 Å². The number of aromatic carboxylic acids is 1. The summed E-state index contributed by atoms with van der Waals surface area (Å²) in [6.45, 7) is 1.99. The van der Waals surface area contributed by atoms with Gasteiger partial charge in [0.25, 0.3) is 0 Å². The van der Waals surface area contributed by atoms with Gasteiger partial charge in [-0.15, -0.1) is 5.10 Å². The van der Waals surface area contributed by atoms with E-state index in [1.807, 2.05) is 31.2 Å². The van der Waals surface area contributed by atoms with Crippen molar-refractivity contribution in [2.24, 2.45) is 0 Å². The molecular formula is C14H11N3O2. The van der Waals surface area contributed by atoms with Gasteiger partial charge >= 0.3 is 5.97 Å². The van der Waals surface area contributed by atoms with Gasteiger partial charge in [-0.3, -0.25) is 0 Å². The number of carboxylic acid groups (broad SMARTS) is 1. The Hall–Kier alpha value is -2.69. The standard InChI is InChI=1S/C14H11N3O2/c1-9-4-2-3-5-12(9)17-13-7-6-10(14(18)19)8-11(13)15-16-17/h2-8H,1H3,(H,18,19). The number of benzene rings is 2. The minimum absolute atomic E-state index is 0.212. The average molecular weight is 253 g/mol. The highest BCUT2D eigenvalue weighted by atomic mass is 16.4. The number of rotatable bonds is 2. The van der Waals surface area contributed by atoms with Crippen LogP contribution in [-0.2, 0) is 0 Å². The average Bonchev–Trinajstić information content (AvgIpc) is 2.82. The lowest BCUT2D eigenvalue weighted by atomic mass is 10.2. The highest BCUT2D eigenvalue weighted by molar-refractivity contribution is 5.92. The van der Waals surface area contributed by atoms with Crippen molar-refractivity contribution >= 4 is 17.0 Å². The van der Waals surface area contributed by atoms with Gasteiger partial charge in [0.15, 0.2) is 0 Å². The number of carbonyl (C=O) groups is 1. The van der Waals surface area contributed by atoms with E-state index in [9.17, 15) is 4.79 Å². The monoisotopic (exact) mass is 253 g/mol. The smallest absolute Gasteiger partial charge is 0.335 e. The molecule has 1 N–H and O–H groups in total. The predicted octanol–water partition coefficient (Wildman–Crippen LogP) is 2.43. The zero-order chi connectivity index (χ0) is 13.4. The van der Waals surface area contributed by atoms with Crippen LogP contribution in [0.15, 0.2) is 42.5 Å². The van der Waals surface area contributed by atoms with Crippen LogP contribution in [0.3, 0.4) is 0 Å². The fourth-order valence-corrected chi connectivity index (χ4v) is 2.04. The number of para-hydroxylation sites is 1. The maximum absolute atomic E-state index is 10.9. The molecule has 0 aliphatic carbocycles. The first-order chi connectivity index (χ1) is 9.16. The molecule has 0 aliphatic heterocycles. The van der Waals surface area contributed by atoms with Crippen molar-refractivity contribution in [3.63, 3.8) is 0 Å². The molecule has 3 rings (SSSR count). The van der Waals surface area contributed by atoms with E-state index in [-0.39, 0.29) is 5.56 Å². The topological polar surface area (TPSA) is 68.0 Å². The fourth-order valence-electron chi connectivity index (χ4n) is 2.04. The molecule has 0 saturated carbocycles. The molecule has 1 heterocycles. The van der Waals surface area contributed by atoms with E-state index in [0.29, 0.717) is 5.52 Å². The summed E-state index contributed by atoms with van der Waals surface area (Å²) in [5.41, 5.74) is 3.59. The minimum atomic E-state index is -0.965. The number of aryl methyl sites for hydroxylation is 1. The lowest BCUT2D eigenvalue weighted by Crippen LogP contribution is -1.99. The third-order valence-corrected chi connectivity index (χ3v) is 3.04. The van der Waals surface area contributed by atoms with E-state index in [1.54, 1.807) is 16.8 Å². The Morgan fingerprint density at radius 3 is 2.74 bits per heavy atom. The van der Waals surface area contributed by atoms with Gasteiger partial charge in [-0.2, -0.15) is 0 Å². The van der Waals surface area contributed by atoms with Crippen molar-refractivity contribution in [1.29, 1.82) is 0 Å². The van der Waals surface area contributed by atoms with Crippen molar-refractivity contribution in [2.45, 2.75) is 6.92 Å². The predicted molar refractivity (Wildman–Crippen MR) is 70.6 cm³/mol. The molecule has 0 saturated heterocycles. The Labute approximate surface area is 109 Å². The van der Waals surface area contributed by atoms with Crippen LogP contribution in [0, 0.1) is 6.92 Å². The van der Waals surface area contributed by atoms with Crippen LogP contribution in [0.25, 0.3) is 16.7 Å². The Kier molecular flexibility index (Phi) is 2.52. The molecule has 0 radical (unpaired) electrons. The summed E-state index contributed by atoms with van der Waals surface area (Å²) in [5.74, 6) is -0.965. The summed E-state index contributed by atoms with van der Waals surface area (Å²) in [4.78, 5) is 10.9.